The van der Waals surface area contributed by atoms with E-state index in [1.807, 2.05) is 0 Å². The van der Waals surface area contributed by atoms with E-state index in [0.717, 1.165) is 0 Å². The first-order chi connectivity index (χ1) is 9.65. The molecule has 0 aliphatic carbocycles. The zero-order valence-electron chi connectivity index (χ0n) is 11.8. The van der Waals surface area contributed by atoms with Gasteiger partial charge in [-0.3, -0.25) is 10.1 Å². The predicted molar refractivity (Wildman–Crippen MR) is 75.2 cm³/mol. The SMILES string of the molecule is CNC(=O)NC(=O)C(C)Oc1ccc(S(N)(=O)=O)c(C)c1. The van der Waals surface area contributed by atoms with Crippen LogP contribution in [-0.2, 0) is 14.8 Å². The first-order valence-corrected chi connectivity index (χ1v) is 7.52. The van der Waals surface area contributed by atoms with E-state index < -0.39 is 28.1 Å². The van der Waals surface area contributed by atoms with Gasteiger partial charge in [0.2, 0.25) is 10.0 Å². The normalized spacial score (nSPS) is 12.4. The average Bonchev–Trinajstić information content (AvgIpc) is 2.36. The number of ether oxygens (including phenoxy) is 1. The zero-order valence-corrected chi connectivity index (χ0v) is 12.7. The Hall–Kier alpha value is -2.13. The first-order valence-electron chi connectivity index (χ1n) is 5.98. The van der Waals surface area contributed by atoms with Crippen molar-refractivity contribution in [1.82, 2.24) is 10.6 Å². The molecule has 8 nitrogen and oxygen atoms in total. The highest BCUT2D eigenvalue weighted by atomic mass is 32.2. The number of amides is 3. The molecule has 1 rings (SSSR count). The van der Waals surface area contributed by atoms with Gasteiger partial charge in [0.05, 0.1) is 4.90 Å². The molecule has 0 heterocycles. The summed E-state index contributed by atoms with van der Waals surface area (Å²) in [5, 5.41) is 9.36. The lowest BCUT2D eigenvalue weighted by atomic mass is 10.2. The summed E-state index contributed by atoms with van der Waals surface area (Å²) in [5.74, 6) is -0.331. The molecule has 21 heavy (non-hydrogen) atoms. The van der Waals surface area contributed by atoms with Crippen LogP contribution in [0.1, 0.15) is 12.5 Å². The van der Waals surface area contributed by atoms with Crippen molar-refractivity contribution in [3.63, 3.8) is 0 Å². The lowest BCUT2D eigenvalue weighted by molar-refractivity contribution is -0.126. The van der Waals surface area contributed by atoms with Gasteiger partial charge in [0.15, 0.2) is 6.10 Å². The van der Waals surface area contributed by atoms with Crippen LogP contribution in [-0.4, -0.2) is 33.5 Å². The number of nitrogens with two attached hydrogens (primary N) is 1. The number of nitrogens with one attached hydrogen (secondary N) is 2. The molecule has 1 atom stereocenters. The quantitative estimate of drug-likeness (QED) is 0.713. The fourth-order valence-corrected chi connectivity index (χ4v) is 2.31. The third kappa shape index (κ3) is 4.72. The van der Waals surface area contributed by atoms with Gasteiger partial charge in [0.1, 0.15) is 5.75 Å². The Kier molecular flexibility index (Phi) is 5.28. The molecule has 1 aromatic carbocycles. The number of aryl methyl sites for hydroxylation is 1. The number of benzene rings is 1. The predicted octanol–water partition coefficient (Wildman–Crippen LogP) is -0.135. The highest BCUT2D eigenvalue weighted by molar-refractivity contribution is 7.89. The average molecular weight is 315 g/mol. The van der Waals surface area contributed by atoms with E-state index in [0.29, 0.717) is 11.3 Å². The molecule has 0 fully saturated rings. The summed E-state index contributed by atoms with van der Waals surface area (Å²) >= 11 is 0. The van der Waals surface area contributed by atoms with Crippen molar-refractivity contribution < 1.29 is 22.7 Å². The van der Waals surface area contributed by atoms with Crippen molar-refractivity contribution in [3.05, 3.63) is 23.8 Å². The van der Waals surface area contributed by atoms with Crippen molar-refractivity contribution in [2.24, 2.45) is 5.14 Å². The van der Waals surface area contributed by atoms with Gasteiger partial charge in [-0.05, 0) is 37.6 Å². The van der Waals surface area contributed by atoms with Crippen LogP contribution >= 0.6 is 0 Å². The molecule has 9 heteroatoms. The molecule has 0 saturated carbocycles. The van der Waals surface area contributed by atoms with Gasteiger partial charge >= 0.3 is 6.03 Å². The first kappa shape index (κ1) is 16.9. The number of primary sulfonamides is 1. The second-order valence-electron chi connectivity index (χ2n) is 4.30. The second-order valence-corrected chi connectivity index (χ2v) is 5.83. The Morgan fingerprint density at radius 1 is 1.33 bits per heavy atom. The monoisotopic (exact) mass is 315 g/mol. The van der Waals surface area contributed by atoms with Crippen LogP contribution in [0.5, 0.6) is 5.75 Å². The summed E-state index contributed by atoms with van der Waals surface area (Å²) in [7, 11) is -2.42. The van der Waals surface area contributed by atoms with Crippen LogP contribution in [0.4, 0.5) is 4.79 Å². The lowest BCUT2D eigenvalue weighted by Gasteiger charge is -2.15. The number of imide groups is 1. The van der Waals surface area contributed by atoms with Gasteiger partial charge in [0.25, 0.3) is 5.91 Å². The summed E-state index contributed by atoms with van der Waals surface area (Å²) in [5.41, 5.74) is 0.397. The van der Waals surface area contributed by atoms with E-state index >= 15 is 0 Å². The minimum absolute atomic E-state index is 0.0164. The molecule has 0 aliphatic heterocycles. The Labute approximate surface area is 122 Å². The smallest absolute Gasteiger partial charge is 0.321 e. The van der Waals surface area contributed by atoms with Crippen molar-refractivity contribution in [2.75, 3.05) is 7.05 Å². The van der Waals surface area contributed by atoms with Crippen LogP contribution < -0.4 is 20.5 Å². The molecule has 1 unspecified atom stereocenters. The fraction of sp³-hybridized carbons (Fsp3) is 0.333. The Morgan fingerprint density at radius 3 is 2.43 bits per heavy atom. The van der Waals surface area contributed by atoms with Crippen molar-refractivity contribution in [3.8, 4) is 5.75 Å². The number of hydrogen-bond donors (Lipinski definition) is 3. The molecular weight excluding hydrogens is 298 g/mol. The summed E-state index contributed by atoms with van der Waals surface area (Å²) in [6, 6.07) is 3.49. The zero-order chi connectivity index (χ0) is 16.2. The molecule has 116 valence electrons. The number of carbonyl (C=O) groups is 2. The summed E-state index contributed by atoms with van der Waals surface area (Å²) in [6.07, 6.45) is -0.929. The highest BCUT2D eigenvalue weighted by Crippen LogP contribution is 2.21. The topological polar surface area (TPSA) is 128 Å². The molecule has 3 amide bonds. The number of rotatable bonds is 4. The van der Waals surface area contributed by atoms with Crippen LogP contribution in [0.25, 0.3) is 0 Å². The molecule has 0 aliphatic rings. The van der Waals surface area contributed by atoms with E-state index in [-0.39, 0.29) is 4.90 Å². The molecule has 0 spiro atoms. The van der Waals surface area contributed by atoms with Crippen LogP contribution in [0.15, 0.2) is 23.1 Å². The maximum absolute atomic E-state index is 11.6. The second kappa shape index (κ2) is 6.55. The van der Waals surface area contributed by atoms with E-state index in [9.17, 15) is 18.0 Å². The van der Waals surface area contributed by atoms with Gasteiger partial charge in [-0.1, -0.05) is 0 Å². The maximum atomic E-state index is 11.6. The van der Waals surface area contributed by atoms with Gasteiger partial charge in [-0.2, -0.15) is 0 Å². The van der Waals surface area contributed by atoms with E-state index in [1.54, 1.807) is 6.92 Å². The van der Waals surface area contributed by atoms with E-state index in [1.165, 1.54) is 32.2 Å². The molecule has 0 radical (unpaired) electrons. The molecule has 0 saturated heterocycles. The molecule has 4 N–H and O–H groups in total. The number of carbonyl (C=O) groups excluding carboxylic acids is 2. The highest BCUT2D eigenvalue weighted by Gasteiger charge is 2.18. The third-order valence-corrected chi connectivity index (χ3v) is 3.67. The van der Waals surface area contributed by atoms with Crippen molar-refractivity contribution in [2.45, 2.75) is 24.8 Å². The summed E-state index contributed by atoms with van der Waals surface area (Å²) in [4.78, 5) is 22.6. The number of urea groups is 1. The Bertz CT molecular complexity index is 657. The molecule has 0 aromatic heterocycles. The van der Waals surface area contributed by atoms with Gasteiger partial charge in [0, 0.05) is 7.05 Å². The fourth-order valence-electron chi connectivity index (χ4n) is 1.55. The van der Waals surface area contributed by atoms with Crippen molar-refractivity contribution >= 4 is 22.0 Å². The van der Waals surface area contributed by atoms with Gasteiger partial charge in [-0.15, -0.1) is 0 Å². The molecule has 0 bridgehead atoms. The van der Waals surface area contributed by atoms with E-state index in [2.05, 4.69) is 10.6 Å². The lowest BCUT2D eigenvalue weighted by Crippen LogP contribution is -2.43. The van der Waals surface area contributed by atoms with E-state index in [4.69, 9.17) is 9.88 Å². The number of hydrogen-bond acceptors (Lipinski definition) is 5. The summed E-state index contributed by atoms with van der Waals surface area (Å²) in [6.45, 7) is 3.02. The van der Waals surface area contributed by atoms with Gasteiger partial charge in [-0.25, -0.2) is 18.4 Å². The van der Waals surface area contributed by atoms with Crippen LogP contribution in [0.2, 0.25) is 0 Å². The Morgan fingerprint density at radius 2 is 1.95 bits per heavy atom. The largest absolute Gasteiger partial charge is 0.481 e. The number of sulfonamides is 1. The van der Waals surface area contributed by atoms with Gasteiger partial charge < -0.3 is 10.1 Å². The van der Waals surface area contributed by atoms with Crippen LogP contribution in [0, 0.1) is 6.92 Å². The third-order valence-electron chi connectivity index (χ3n) is 2.60. The minimum Gasteiger partial charge on any atom is -0.481 e. The molecule has 1 aromatic rings. The molecular formula is C12H17N3O5S. The Balaban J connectivity index is 2.83. The van der Waals surface area contributed by atoms with Crippen LogP contribution in [0.3, 0.4) is 0 Å². The minimum atomic E-state index is -3.80. The van der Waals surface area contributed by atoms with Crippen molar-refractivity contribution in [1.29, 1.82) is 0 Å². The summed E-state index contributed by atoms with van der Waals surface area (Å²) < 4.78 is 27.9. The maximum Gasteiger partial charge on any atom is 0.321 e. The standard InChI is InChI=1S/C12H17N3O5S/c1-7-6-9(4-5-10(7)21(13,18)19)20-8(2)11(16)15-12(17)14-3/h4-6,8H,1-3H3,(H2,13,18,19)(H2,14,15,16,17).